The van der Waals surface area contributed by atoms with E-state index >= 15 is 0 Å². The molecule has 3 heterocycles. The van der Waals surface area contributed by atoms with Gasteiger partial charge in [0.2, 0.25) is 16.0 Å². The minimum Gasteiger partial charge on any atom is -0.390 e. The van der Waals surface area contributed by atoms with E-state index in [1.807, 2.05) is 13.8 Å². The van der Waals surface area contributed by atoms with Crippen molar-refractivity contribution < 1.29 is 17.9 Å². The van der Waals surface area contributed by atoms with Gasteiger partial charge in [-0.3, -0.25) is 0 Å². The highest BCUT2D eigenvalue weighted by Gasteiger charge is 2.32. The third kappa shape index (κ3) is 3.60. The summed E-state index contributed by atoms with van der Waals surface area (Å²) in [5.74, 6) is -0.0260. The average molecular weight is 371 g/mol. The quantitative estimate of drug-likeness (QED) is 0.825. The lowest BCUT2D eigenvalue weighted by Gasteiger charge is -2.34. The van der Waals surface area contributed by atoms with Gasteiger partial charge < -0.3 is 10.4 Å². The molecule has 0 aromatic carbocycles. The molecule has 2 aromatic heterocycles. The molecule has 0 spiro atoms. The first kappa shape index (κ1) is 18.0. The van der Waals surface area contributed by atoms with Crippen LogP contribution in [0.15, 0.2) is 12.3 Å². The number of anilines is 1. The van der Waals surface area contributed by atoms with E-state index in [2.05, 4.69) is 15.4 Å². The number of nitrogens with zero attached hydrogens (tertiary/aromatic N) is 4. The molecule has 0 aliphatic carbocycles. The van der Waals surface area contributed by atoms with E-state index < -0.39 is 16.1 Å². The molecule has 0 bridgehead atoms. The van der Waals surface area contributed by atoms with Crippen molar-refractivity contribution in [3.63, 3.8) is 0 Å². The van der Waals surface area contributed by atoms with Crippen LogP contribution in [-0.2, 0) is 10.0 Å². The van der Waals surface area contributed by atoms with Crippen LogP contribution in [0.4, 0.5) is 10.3 Å². The highest BCUT2D eigenvalue weighted by atomic mass is 32.2. The van der Waals surface area contributed by atoms with Crippen molar-refractivity contribution in [3.05, 3.63) is 23.8 Å². The molecule has 1 fully saturated rings. The molecule has 1 aliphatic heterocycles. The van der Waals surface area contributed by atoms with Gasteiger partial charge in [-0.25, -0.2) is 22.3 Å². The molecule has 2 atom stereocenters. The average Bonchev–Trinajstić information content (AvgIpc) is 2.85. The number of hydrogen-bond donors (Lipinski definition) is 2. The van der Waals surface area contributed by atoms with Crippen LogP contribution in [0.1, 0.15) is 31.9 Å². The predicted molar refractivity (Wildman–Crippen MR) is 91.5 cm³/mol. The molecule has 0 amide bonds. The summed E-state index contributed by atoms with van der Waals surface area (Å²) in [6.45, 7) is 4.22. The maximum absolute atomic E-state index is 14.0. The molecule has 2 N–H and O–H groups in total. The standard InChI is InChI=1S/C15H22FN5O3S/c1-9(2)12-6-10(16)13-7-17-15(19-21(12)13)18-11-4-5-20(8-14(11)22)25(3,23)24/h6-7,9,11,14,22H,4-5,8H2,1-3H3,(H,18,19)/t11-,14-/m1/s1. The van der Waals surface area contributed by atoms with E-state index in [4.69, 9.17) is 0 Å². The molecule has 138 valence electrons. The number of aromatic nitrogens is 3. The number of rotatable bonds is 4. The summed E-state index contributed by atoms with van der Waals surface area (Å²) in [7, 11) is -3.33. The lowest BCUT2D eigenvalue weighted by molar-refractivity contribution is 0.0950. The zero-order chi connectivity index (χ0) is 18.4. The summed E-state index contributed by atoms with van der Waals surface area (Å²) in [4.78, 5) is 4.11. The normalized spacial score (nSPS) is 22.6. The lowest BCUT2D eigenvalue weighted by Crippen LogP contribution is -2.51. The van der Waals surface area contributed by atoms with Crippen LogP contribution in [0, 0.1) is 5.82 Å². The number of β-amino-alcohol motifs (C(OH)–C–C–N with tert-alkyl or cyclic N) is 1. The molecular weight excluding hydrogens is 349 g/mol. The molecule has 3 rings (SSSR count). The van der Waals surface area contributed by atoms with Crippen molar-refractivity contribution in [2.24, 2.45) is 0 Å². The second kappa shape index (κ2) is 6.50. The molecule has 1 aliphatic rings. The molecule has 1 saturated heterocycles. The van der Waals surface area contributed by atoms with Gasteiger partial charge in [-0.05, 0) is 18.4 Å². The monoisotopic (exact) mass is 371 g/mol. The fraction of sp³-hybridized carbons (Fsp3) is 0.600. The zero-order valence-corrected chi connectivity index (χ0v) is 15.2. The fourth-order valence-corrected chi connectivity index (χ4v) is 3.85. The van der Waals surface area contributed by atoms with E-state index in [0.717, 1.165) is 11.9 Å². The van der Waals surface area contributed by atoms with Crippen molar-refractivity contribution in [1.29, 1.82) is 0 Å². The SMILES string of the molecule is CC(C)c1cc(F)c2cnc(N[C@@H]3CCN(S(C)(=O)=O)C[C@H]3O)nn12. The van der Waals surface area contributed by atoms with Crippen LogP contribution in [0.3, 0.4) is 0 Å². The first-order valence-corrected chi connectivity index (χ1v) is 9.95. The Morgan fingerprint density at radius 3 is 2.76 bits per heavy atom. The zero-order valence-electron chi connectivity index (χ0n) is 14.3. The van der Waals surface area contributed by atoms with Gasteiger partial charge in [0.25, 0.3) is 0 Å². The van der Waals surface area contributed by atoms with Gasteiger partial charge in [0.05, 0.1) is 24.6 Å². The summed E-state index contributed by atoms with van der Waals surface area (Å²) in [5, 5.41) is 17.6. The van der Waals surface area contributed by atoms with E-state index in [1.165, 1.54) is 21.1 Å². The molecule has 25 heavy (non-hydrogen) atoms. The van der Waals surface area contributed by atoms with Crippen LogP contribution in [0.25, 0.3) is 5.52 Å². The van der Waals surface area contributed by atoms with E-state index in [9.17, 15) is 17.9 Å². The maximum Gasteiger partial charge on any atom is 0.241 e. The van der Waals surface area contributed by atoms with Gasteiger partial charge in [0.15, 0.2) is 5.82 Å². The second-order valence-corrected chi connectivity index (χ2v) is 8.66. The van der Waals surface area contributed by atoms with Gasteiger partial charge >= 0.3 is 0 Å². The minimum absolute atomic E-state index is 0.0220. The summed E-state index contributed by atoms with van der Waals surface area (Å²) in [5.41, 5.74) is 1.02. The molecule has 10 heteroatoms. The van der Waals surface area contributed by atoms with E-state index in [-0.39, 0.29) is 30.3 Å². The Kier molecular flexibility index (Phi) is 4.69. The first-order valence-electron chi connectivity index (χ1n) is 8.10. The van der Waals surface area contributed by atoms with Crippen LogP contribution in [-0.4, -0.2) is 63.9 Å². The van der Waals surface area contributed by atoms with Gasteiger partial charge in [0, 0.05) is 18.8 Å². The fourth-order valence-electron chi connectivity index (χ4n) is 2.99. The number of halogens is 1. The Labute approximate surface area is 145 Å². The van der Waals surface area contributed by atoms with Gasteiger partial charge in [-0.2, -0.15) is 4.31 Å². The summed E-state index contributed by atoms with van der Waals surface area (Å²) < 4.78 is 39.9. The molecule has 0 radical (unpaired) electrons. The van der Waals surface area contributed by atoms with E-state index in [0.29, 0.717) is 18.5 Å². The third-order valence-electron chi connectivity index (χ3n) is 4.42. The Bertz CT molecular complexity index is 883. The topological polar surface area (TPSA) is 99.8 Å². The second-order valence-electron chi connectivity index (χ2n) is 6.68. The summed E-state index contributed by atoms with van der Waals surface area (Å²) in [6, 6.07) is 1.07. The summed E-state index contributed by atoms with van der Waals surface area (Å²) in [6.07, 6.45) is 2.06. The maximum atomic E-state index is 14.0. The Morgan fingerprint density at radius 1 is 1.44 bits per heavy atom. The predicted octanol–water partition coefficient (Wildman–Crippen LogP) is 0.798. The number of hydrogen-bond acceptors (Lipinski definition) is 6. The molecule has 8 nitrogen and oxygen atoms in total. The minimum atomic E-state index is -3.33. The van der Waals surface area contributed by atoms with Gasteiger partial charge in [0.1, 0.15) is 5.52 Å². The van der Waals surface area contributed by atoms with Crippen LogP contribution in [0.2, 0.25) is 0 Å². The molecule has 2 aromatic rings. The number of piperidine rings is 1. The summed E-state index contributed by atoms with van der Waals surface area (Å²) >= 11 is 0. The van der Waals surface area contributed by atoms with Crippen molar-refractivity contribution in [2.75, 3.05) is 24.7 Å². The van der Waals surface area contributed by atoms with Crippen LogP contribution < -0.4 is 5.32 Å². The van der Waals surface area contributed by atoms with Gasteiger partial charge in [-0.1, -0.05) is 13.8 Å². The van der Waals surface area contributed by atoms with Crippen LogP contribution >= 0.6 is 0 Å². The lowest BCUT2D eigenvalue weighted by atomic mass is 10.0. The third-order valence-corrected chi connectivity index (χ3v) is 5.69. The van der Waals surface area contributed by atoms with Crippen molar-refractivity contribution in [1.82, 2.24) is 18.9 Å². The smallest absolute Gasteiger partial charge is 0.241 e. The number of fused-ring (bicyclic) bond motifs is 1. The number of aliphatic hydroxyl groups is 1. The van der Waals surface area contributed by atoms with Gasteiger partial charge in [-0.15, -0.1) is 5.10 Å². The van der Waals surface area contributed by atoms with Crippen molar-refractivity contribution in [2.45, 2.75) is 38.3 Å². The highest BCUT2D eigenvalue weighted by Crippen LogP contribution is 2.22. The highest BCUT2D eigenvalue weighted by molar-refractivity contribution is 7.88. The molecule has 0 saturated carbocycles. The number of nitrogens with one attached hydrogen (secondary N) is 1. The first-order chi connectivity index (χ1) is 11.7. The molecule has 0 unspecified atom stereocenters. The molecular formula is C15H22FN5O3S. The Morgan fingerprint density at radius 2 is 2.16 bits per heavy atom. The van der Waals surface area contributed by atoms with Crippen LogP contribution in [0.5, 0.6) is 0 Å². The Balaban J connectivity index is 1.81. The van der Waals surface area contributed by atoms with Crippen molar-refractivity contribution >= 4 is 21.5 Å². The Hall–Kier alpha value is -1.78. The van der Waals surface area contributed by atoms with Crippen molar-refractivity contribution in [3.8, 4) is 0 Å². The number of sulfonamides is 1. The largest absolute Gasteiger partial charge is 0.390 e. The van der Waals surface area contributed by atoms with E-state index in [1.54, 1.807) is 0 Å². The number of aliphatic hydroxyl groups excluding tert-OH is 1.